The molecule has 2 aromatic carbocycles. The number of carbonyl (C=O) groups excluding carboxylic acids is 2. The van der Waals surface area contributed by atoms with Gasteiger partial charge >= 0.3 is 0 Å². The van der Waals surface area contributed by atoms with E-state index in [1.807, 2.05) is 31.2 Å². The summed E-state index contributed by atoms with van der Waals surface area (Å²) >= 11 is 0. The number of hydrogen-bond acceptors (Lipinski definition) is 5. The minimum atomic E-state index is -0.488. The number of ether oxygens (including phenoxy) is 1. The van der Waals surface area contributed by atoms with Gasteiger partial charge in [-0.15, -0.1) is 0 Å². The Morgan fingerprint density at radius 2 is 1.70 bits per heavy atom. The van der Waals surface area contributed by atoms with Gasteiger partial charge < -0.3 is 14.2 Å². The molecule has 152 valence electrons. The van der Waals surface area contributed by atoms with E-state index in [1.165, 1.54) is 0 Å². The van der Waals surface area contributed by atoms with Crippen LogP contribution in [0.2, 0.25) is 0 Å². The molecule has 8 heteroatoms. The van der Waals surface area contributed by atoms with Gasteiger partial charge in [-0.25, -0.2) is 0 Å². The van der Waals surface area contributed by atoms with Gasteiger partial charge in [-0.2, -0.15) is 0 Å². The number of aromatic amines is 1. The van der Waals surface area contributed by atoms with Gasteiger partial charge in [0.15, 0.2) is 0 Å². The van der Waals surface area contributed by atoms with Gasteiger partial charge in [-0.05, 0) is 32.0 Å². The van der Waals surface area contributed by atoms with Crippen LogP contribution < -0.4 is 15.6 Å². The lowest BCUT2D eigenvalue weighted by Crippen LogP contribution is -2.41. The standard InChI is InChI=1S/C22H20N4O4/c1-13-18(14(2)30-26-13)12-29-20-10-6-4-8-16(20)21(27)24-25-22(28)17-11-23-19-9-5-3-7-15(17)19/h3-11,23H,12H2,1-2H3,(H,24,27)(H,25,28). The third-order valence-electron chi connectivity index (χ3n) is 4.81. The highest BCUT2D eigenvalue weighted by molar-refractivity contribution is 6.07. The summed E-state index contributed by atoms with van der Waals surface area (Å²) < 4.78 is 11.0. The van der Waals surface area contributed by atoms with Crippen LogP contribution in [0.3, 0.4) is 0 Å². The molecule has 30 heavy (non-hydrogen) atoms. The van der Waals surface area contributed by atoms with Gasteiger partial charge in [0, 0.05) is 17.1 Å². The van der Waals surface area contributed by atoms with Crippen molar-refractivity contribution in [2.24, 2.45) is 0 Å². The van der Waals surface area contributed by atoms with Crippen LogP contribution in [-0.2, 0) is 6.61 Å². The molecule has 2 heterocycles. The van der Waals surface area contributed by atoms with E-state index in [0.717, 1.165) is 22.2 Å². The summed E-state index contributed by atoms with van der Waals surface area (Å²) in [7, 11) is 0. The second-order valence-corrected chi connectivity index (χ2v) is 6.74. The number of carbonyl (C=O) groups is 2. The first-order valence-electron chi connectivity index (χ1n) is 9.35. The van der Waals surface area contributed by atoms with Crippen molar-refractivity contribution < 1.29 is 18.8 Å². The van der Waals surface area contributed by atoms with Crippen molar-refractivity contribution in [3.8, 4) is 5.75 Å². The molecule has 0 aliphatic carbocycles. The van der Waals surface area contributed by atoms with Gasteiger partial charge in [-0.3, -0.25) is 20.4 Å². The molecule has 2 amide bonds. The van der Waals surface area contributed by atoms with Crippen LogP contribution in [0.15, 0.2) is 59.3 Å². The van der Waals surface area contributed by atoms with Crippen LogP contribution >= 0.6 is 0 Å². The van der Waals surface area contributed by atoms with Crippen LogP contribution in [0.5, 0.6) is 5.75 Å². The number of para-hydroxylation sites is 2. The van der Waals surface area contributed by atoms with E-state index >= 15 is 0 Å². The largest absolute Gasteiger partial charge is 0.488 e. The summed E-state index contributed by atoms with van der Waals surface area (Å²) in [6, 6.07) is 14.2. The SMILES string of the molecule is Cc1noc(C)c1COc1ccccc1C(=O)NNC(=O)c1c[nH]c2ccccc12. The number of aromatic nitrogens is 2. The first kappa shape index (κ1) is 19.3. The summed E-state index contributed by atoms with van der Waals surface area (Å²) in [6.07, 6.45) is 1.60. The number of rotatable bonds is 5. The molecule has 0 unspecified atom stereocenters. The van der Waals surface area contributed by atoms with Gasteiger partial charge in [0.05, 0.1) is 22.4 Å². The Bertz CT molecular complexity index is 1210. The zero-order valence-electron chi connectivity index (χ0n) is 16.5. The molecule has 0 aliphatic rings. The van der Waals surface area contributed by atoms with Gasteiger partial charge in [0.1, 0.15) is 18.1 Å². The minimum absolute atomic E-state index is 0.215. The highest BCUT2D eigenvalue weighted by Gasteiger charge is 2.17. The van der Waals surface area contributed by atoms with Gasteiger partial charge in [-0.1, -0.05) is 35.5 Å². The summed E-state index contributed by atoms with van der Waals surface area (Å²) in [5, 5.41) is 4.67. The molecule has 4 rings (SSSR count). The van der Waals surface area contributed by atoms with Crippen molar-refractivity contribution in [2.75, 3.05) is 0 Å². The van der Waals surface area contributed by atoms with E-state index in [1.54, 1.807) is 37.4 Å². The van der Waals surface area contributed by atoms with Crippen LogP contribution in [0, 0.1) is 13.8 Å². The van der Waals surface area contributed by atoms with E-state index in [2.05, 4.69) is 21.0 Å². The molecule has 2 aromatic heterocycles. The maximum absolute atomic E-state index is 12.7. The third-order valence-corrected chi connectivity index (χ3v) is 4.81. The molecular weight excluding hydrogens is 384 g/mol. The predicted molar refractivity (Wildman–Crippen MR) is 110 cm³/mol. The zero-order chi connectivity index (χ0) is 21.1. The highest BCUT2D eigenvalue weighted by atomic mass is 16.5. The first-order chi connectivity index (χ1) is 14.5. The fourth-order valence-electron chi connectivity index (χ4n) is 3.15. The molecule has 0 atom stereocenters. The normalized spacial score (nSPS) is 10.7. The van der Waals surface area contributed by atoms with Crippen molar-refractivity contribution in [2.45, 2.75) is 20.5 Å². The molecule has 4 aromatic rings. The maximum atomic E-state index is 12.7. The number of hydrogen-bond donors (Lipinski definition) is 3. The van der Waals surface area contributed by atoms with Crippen LogP contribution in [0.4, 0.5) is 0 Å². The molecule has 0 aliphatic heterocycles. The lowest BCUT2D eigenvalue weighted by molar-refractivity contribution is 0.0845. The predicted octanol–water partition coefficient (Wildman–Crippen LogP) is 3.43. The lowest BCUT2D eigenvalue weighted by Gasteiger charge is -2.12. The number of hydrazine groups is 1. The number of amides is 2. The Labute approximate surface area is 172 Å². The number of fused-ring (bicyclic) bond motifs is 1. The molecule has 3 N–H and O–H groups in total. The van der Waals surface area contributed by atoms with Crippen LogP contribution in [-0.4, -0.2) is 22.0 Å². The molecular formula is C22H20N4O4. The maximum Gasteiger partial charge on any atom is 0.273 e. The number of nitrogens with one attached hydrogen (secondary N) is 3. The second-order valence-electron chi connectivity index (χ2n) is 6.74. The third kappa shape index (κ3) is 3.75. The number of H-pyrrole nitrogens is 1. The van der Waals surface area contributed by atoms with Gasteiger partial charge in [0.25, 0.3) is 11.8 Å². The number of benzene rings is 2. The lowest BCUT2D eigenvalue weighted by atomic mass is 10.1. The molecule has 8 nitrogen and oxygen atoms in total. The molecule has 0 spiro atoms. The summed E-state index contributed by atoms with van der Waals surface area (Å²) in [4.78, 5) is 28.2. The fraction of sp³-hybridized carbons (Fsp3) is 0.136. The van der Waals surface area contributed by atoms with E-state index in [0.29, 0.717) is 22.6 Å². The fourth-order valence-corrected chi connectivity index (χ4v) is 3.15. The zero-order valence-corrected chi connectivity index (χ0v) is 16.5. The highest BCUT2D eigenvalue weighted by Crippen LogP contribution is 2.21. The Morgan fingerprint density at radius 1 is 1.00 bits per heavy atom. The van der Waals surface area contributed by atoms with Crippen molar-refractivity contribution in [1.82, 2.24) is 21.0 Å². The quantitative estimate of drug-likeness (QED) is 0.442. The summed E-state index contributed by atoms with van der Waals surface area (Å²) in [5.74, 6) is 0.143. The topological polar surface area (TPSA) is 109 Å². The summed E-state index contributed by atoms with van der Waals surface area (Å²) in [5.41, 5.74) is 8.04. The summed E-state index contributed by atoms with van der Waals surface area (Å²) in [6.45, 7) is 3.85. The Balaban J connectivity index is 1.44. The Hall–Kier alpha value is -4.07. The average molecular weight is 404 g/mol. The van der Waals surface area contributed by atoms with E-state index in [-0.39, 0.29) is 6.61 Å². The second kappa shape index (κ2) is 8.12. The van der Waals surface area contributed by atoms with Gasteiger partial charge in [0.2, 0.25) is 0 Å². The molecule has 0 saturated carbocycles. The number of nitrogens with zero attached hydrogens (tertiary/aromatic N) is 1. The molecule has 0 saturated heterocycles. The van der Waals surface area contributed by atoms with Crippen LogP contribution in [0.1, 0.15) is 37.7 Å². The first-order valence-corrected chi connectivity index (χ1v) is 9.35. The van der Waals surface area contributed by atoms with E-state index in [4.69, 9.17) is 9.26 Å². The minimum Gasteiger partial charge on any atom is -0.488 e. The van der Waals surface area contributed by atoms with E-state index in [9.17, 15) is 9.59 Å². The molecule has 0 radical (unpaired) electrons. The average Bonchev–Trinajstić information content (AvgIpc) is 3.33. The molecule has 0 fully saturated rings. The van der Waals surface area contributed by atoms with Crippen molar-refractivity contribution in [3.63, 3.8) is 0 Å². The van der Waals surface area contributed by atoms with E-state index < -0.39 is 11.8 Å². The van der Waals surface area contributed by atoms with Crippen LogP contribution in [0.25, 0.3) is 10.9 Å². The molecule has 0 bridgehead atoms. The number of aryl methyl sites for hydroxylation is 2. The van der Waals surface area contributed by atoms with Crippen molar-refractivity contribution in [3.05, 3.63) is 82.9 Å². The Kier molecular flexibility index (Phi) is 5.21. The smallest absolute Gasteiger partial charge is 0.273 e. The van der Waals surface area contributed by atoms with Crippen molar-refractivity contribution in [1.29, 1.82) is 0 Å². The Morgan fingerprint density at radius 3 is 2.47 bits per heavy atom. The van der Waals surface area contributed by atoms with Crippen molar-refractivity contribution >= 4 is 22.7 Å². The monoisotopic (exact) mass is 404 g/mol.